The number of β-lactam (4-membered cyclic amide) rings is 1. The maximum atomic E-state index is 14.6. The molecule has 2 amide bonds. The van der Waals surface area contributed by atoms with Crippen LogP contribution >= 0.6 is 35.7 Å². The molecule has 2 aliphatic heterocycles. The van der Waals surface area contributed by atoms with Crippen LogP contribution in [0.5, 0.6) is 0 Å². The number of esters is 1. The summed E-state index contributed by atoms with van der Waals surface area (Å²) in [4.78, 5) is 55.0. The Labute approximate surface area is 400 Å². The van der Waals surface area contributed by atoms with Crippen LogP contribution in [-0.2, 0) is 29.5 Å². The molecule has 0 bridgehead atoms. The quantitative estimate of drug-likeness (QED) is 0.0135. The number of amides is 2. The summed E-state index contributed by atoms with van der Waals surface area (Å²) in [5, 5.41) is 24.9. The first kappa shape index (κ1) is 44.7. The third-order valence-electron chi connectivity index (χ3n) is 11.4. The number of thiazole rings is 1. The van der Waals surface area contributed by atoms with Crippen molar-refractivity contribution in [3.8, 4) is 0 Å². The lowest BCUT2D eigenvalue weighted by atomic mass is 9.77. The van der Waals surface area contributed by atoms with Crippen LogP contribution in [0.15, 0.2) is 204 Å². The molecule has 334 valence electrons. The predicted molar refractivity (Wildman–Crippen MR) is 264 cm³/mol. The van der Waals surface area contributed by atoms with Gasteiger partial charge in [0.15, 0.2) is 23.1 Å². The lowest BCUT2D eigenvalue weighted by Crippen LogP contribution is -2.71. The topological polar surface area (TPSA) is 149 Å². The van der Waals surface area contributed by atoms with Crippen LogP contribution < -0.4 is 15.4 Å². The van der Waals surface area contributed by atoms with Gasteiger partial charge in [0.1, 0.15) is 35.5 Å². The van der Waals surface area contributed by atoms with E-state index in [1.54, 1.807) is 29.7 Å². The fourth-order valence-electron chi connectivity index (χ4n) is 8.24. The summed E-state index contributed by atoms with van der Waals surface area (Å²) in [5.74, 6) is -1.80. The molecule has 12 nitrogen and oxygen atoms in total. The monoisotopic (exact) mass is 942 g/mol. The number of nitrogens with zero attached hydrogens (tertiary/aromatic N) is 4. The van der Waals surface area contributed by atoms with Crippen LogP contribution in [0.3, 0.4) is 0 Å². The van der Waals surface area contributed by atoms with Gasteiger partial charge in [-0.3, -0.25) is 14.5 Å². The number of thioether (sulfide) groups is 1. The molecule has 0 saturated carbocycles. The van der Waals surface area contributed by atoms with Gasteiger partial charge in [0, 0.05) is 23.3 Å². The van der Waals surface area contributed by atoms with Crippen molar-refractivity contribution in [1.29, 1.82) is 0 Å². The van der Waals surface area contributed by atoms with E-state index in [0.717, 1.165) is 27.8 Å². The molecule has 0 spiro atoms. The summed E-state index contributed by atoms with van der Waals surface area (Å²) in [6, 6.07) is 52.6. The van der Waals surface area contributed by atoms with Gasteiger partial charge >= 0.3 is 5.97 Å². The van der Waals surface area contributed by atoms with Gasteiger partial charge in [0.2, 0.25) is 5.69 Å². The second kappa shape index (κ2) is 20.0. The molecule has 2 aliphatic rings. The summed E-state index contributed by atoms with van der Waals surface area (Å²) < 4.78 is 6.98. The molecule has 1 fully saturated rings. The molecular formula is C52H42N6O6S3. The molecule has 4 heterocycles. The van der Waals surface area contributed by atoms with Gasteiger partial charge in [0.25, 0.3) is 11.8 Å². The van der Waals surface area contributed by atoms with Crippen LogP contribution in [-0.4, -0.2) is 57.7 Å². The van der Waals surface area contributed by atoms with Gasteiger partial charge in [0.05, 0.1) is 4.91 Å². The number of nitrogens with one attached hydrogen (secondary N) is 2. The molecule has 15 heteroatoms. The Morgan fingerprint density at radius 3 is 1.91 bits per heavy atom. The number of allylic oxidation sites excluding steroid dienone is 1. The van der Waals surface area contributed by atoms with E-state index < -0.39 is 40.8 Å². The summed E-state index contributed by atoms with van der Waals surface area (Å²) in [6.07, 6.45) is 2.14. The molecule has 7 aromatic rings. The van der Waals surface area contributed by atoms with E-state index in [1.807, 2.05) is 115 Å². The van der Waals surface area contributed by atoms with Gasteiger partial charge in [-0.25, -0.2) is 9.78 Å². The molecule has 2 unspecified atom stereocenters. The normalized spacial score (nSPS) is 16.2. The largest absolute Gasteiger partial charge is 0.618 e. The van der Waals surface area contributed by atoms with Crippen molar-refractivity contribution < 1.29 is 28.7 Å². The number of fused-ring (bicyclic) bond motifs is 1. The highest BCUT2D eigenvalue weighted by atomic mass is 32.2. The third-order valence-corrected chi connectivity index (χ3v) is 13.8. The van der Waals surface area contributed by atoms with E-state index in [2.05, 4.69) is 64.8 Å². The lowest BCUT2D eigenvalue weighted by molar-refractivity contribution is -0.607. The van der Waals surface area contributed by atoms with Crippen LogP contribution in [0.2, 0.25) is 0 Å². The minimum Gasteiger partial charge on any atom is -0.618 e. The van der Waals surface area contributed by atoms with Crippen LogP contribution in [0, 0.1) is 5.21 Å². The van der Waals surface area contributed by atoms with E-state index in [0.29, 0.717) is 15.4 Å². The first-order valence-electron chi connectivity index (χ1n) is 21.2. The van der Waals surface area contributed by atoms with Crippen LogP contribution in [0.25, 0.3) is 4.91 Å². The van der Waals surface area contributed by atoms with Gasteiger partial charge < -0.3 is 25.4 Å². The Morgan fingerprint density at radius 1 is 0.836 bits per heavy atom. The Morgan fingerprint density at radius 2 is 1.37 bits per heavy atom. The smallest absolute Gasteiger partial charge is 0.356 e. The Hall–Kier alpha value is -7.46. The first-order chi connectivity index (χ1) is 32.8. The summed E-state index contributed by atoms with van der Waals surface area (Å²) in [5.41, 5.74) is 4.20. The second-order valence-corrected chi connectivity index (χ2v) is 17.9. The van der Waals surface area contributed by atoms with Crippen molar-refractivity contribution in [2.45, 2.75) is 23.1 Å². The van der Waals surface area contributed by atoms with Gasteiger partial charge in [-0.05, 0) is 45.5 Å². The van der Waals surface area contributed by atoms with Crippen LogP contribution in [0.1, 0.15) is 45.3 Å². The first-order valence-corrected chi connectivity index (χ1v) is 23.5. The fraction of sp³-hybridized carbons (Fsp3) is 0.115. The number of thiol groups is 1. The van der Waals surface area contributed by atoms with Crippen molar-refractivity contribution in [2.75, 3.05) is 18.2 Å². The van der Waals surface area contributed by atoms with Gasteiger partial charge in [-0.1, -0.05) is 157 Å². The number of hydrogen-bond donors (Lipinski definition) is 3. The van der Waals surface area contributed by atoms with Crippen LogP contribution in [0.4, 0.5) is 5.13 Å². The lowest BCUT2D eigenvalue weighted by Gasteiger charge is -2.49. The number of hydrogen-bond acceptors (Lipinski definition) is 12. The van der Waals surface area contributed by atoms with Gasteiger partial charge in [-0.2, -0.15) is 4.73 Å². The zero-order chi connectivity index (χ0) is 46.3. The van der Waals surface area contributed by atoms with Crippen molar-refractivity contribution in [3.63, 3.8) is 0 Å². The summed E-state index contributed by atoms with van der Waals surface area (Å²) in [6.45, 7) is 0. The number of anilines is 1. The van der Waals surface area contributed by atoms with E-state index in [1.165, 1.54) is 41.3 Å². The summed E-state index contributed by atoms with van der Waals surface area (Å²) in [7, 11) is 1.33. The number of carbonyl (C=O) groups is 3. The highest BCUT2D eigenvalue weighted by Gasteiger charge is 2.55. The average molecular weight is 943 g/mol. The van der Waals surface area contributed by atoms with Gasteiger partial charge in [-0.15, -0.1) is 35.7 Å². The molecule has 67 heavy (non-hydrogen) atoms. The molecule has 2 N–H and O–H groups in total. The number of ether oxygens (including phenoxy) is 1. The highest BCUT2D eigenvalue weighted by Crippen LogP contribution is 2.44. The Balaban J connectivity index is 1.01. The minimum atomic E-state index is -1.06. The van der Waals surface area contributed by atoms with Crippen molar-refractivity contribution in [2.24, 2.45) is 5.16 Å². The zero-order valence-corrected chi connectivity index (χ0v) is 38.4. The maximum absolute atomic E-state index is 14.6. The number of oxime groups is 1. The van der Waals surface area contributed by atoms with Crippen molar-refractivity contribution in [1.82, 2.24) is 15.2 Å². The molecule has 2 atom stereocenters. The number of pyridine rings is 1. The minimum absolute atomic E-state index is 0.0178. The molecule has 9 rings (SSSR count). The summed E-state index contributed by atoms with van der Waals surface area (Å²) >= 11 is 7.29. The highest BCUT2D eigenvalue weighted by molar-refractivity contribution is 8.00. The third kappa shape index (κ3) is 9.08. The molecule has 0 aliphatic carbocycles. The van der Waals surface area contributed by atoms with E-state index in [9.17, 15) is 19.6 Å². The Kier molecular flexibility index (Phi) is 13.3. The average Bonchev–Trinajstić information content (AvgIpc) is 3.84. The SMILES string of the molecule is CON=C(C(=O)NC1C(=O)N2C(C(=O)OC(c3ccccc3)c3ccccc3)=C(C=C(S)c3cccc[n+]3[O-])CSC12)c1csc(NC(c2ccccc2)(c2ccccc2)c2ccccc2)n1. The predicted octanol–water partition coefficient (Wildman–Crippen LogP) is 8.49. The number of carbonyl (C=O) groups excluding carboxylic acids is 3. The Bertz CT molecular complexity index is 2850. The molecule has 5 aromatic carbocycles. The molecule has 0 radical (unpaired) electrons. The van der Waals surface area contributed by atoms with Crippen molar-refractivity contribution >= 4 is 69.3 Å². The molecular weight excluding hydrogens is 901 g/mol. The molecule has 1 saturated heterocycles. The van der Waals surface area contributed by atoms with E-state index >= 15 is 0 Å². The molecule has 2 aromatic heterocycles. The number of benzene rings is 5. The zero-order valence-electron chi connectivity index (χ0n) is 35.8. The standard InChI is InChI=1S/C52H42N6O6S3/c1-63-56-43(40-33-67-51(53-40)55-52(37-23-11-4-12-24-37,38-25-13-5-14-26-38)39-27-15-6-16-28-39)47(59)54-44-48(60)58-45(36(32-66-49(44)58)31-42(65)41-29-17-18-30-57(41)62)50(61)64-46(34-19-7-2-8-20-34)35-21-9-3-10-22-35/h2-31,33,44,46,49,65H,32H2,1H3,(H,53,55)(H,54,59). The number of rotatable bonds is 15. The van der Waals surface area contributed by atoms with E-state index in [4.69, 9.17) is 14.6 Å². The van der Waals surface area contributed by atoms with Crippen molar-refractivity contribution in [3.05, 3.63) is 243 Å². The fourth-order valence-corrected chi connectivity index (χ4v) is 10.6. The number of aromatic nitrogens is 2. The maximum Gasteiger partial charge on any atom is 0.356 e. The second-order valence-electron chi connectivity index (χ2n) is 15.4. The van der Waals surface area contributed by atoms with E-state index in [-0.39, 0.29) is 33.5 Å².